The summed E-state index contributed by atoms with van der Waals surface area (Å²) in [5.74, 6) is 0.742. The van der Waals surface area contributed by atoms with Crippen molar-refractivity contribution in [2.75, 3.05) is 65.7 Å². The van der Waals surface area contributed by atoms with Gasteiger partial charge in [-0.25, -0.2) is 9.78 Å². The minimum absolute atomic E-state index is 0.102. The van der Waals surface area contributed by atoms with E-state index in [0.29, 0.717) is 23.6 Å². The zero-order chi connectivity index (χ0) is 24.0. The highest BCUT2D eigenvalue weighted by atomic mass is 28.3. The number of carbonyl (C=O) groups is 1. The number of esters is 1. The molecular formula is C24H37N3O5Si. The molecule has 1 aliphatic heterocycles. The summed E-state index contributed by atoms with van der Waals surface area (Å²) in [6.07, 6.45) is 1.04. The number of anilines is 1. The molecule has 0 bridgehead atoms. The minimum Gasteiger partial charge on any atom is -0.497 e. The Morgan fingerprint density at radius 3 is 2.58 bits per heavy atom. The topological polar surface area (TPSA) is 73.4 Å². The zero-order valence-electron chi connectivity index (χ0n) is 20.8. The van der Waals surface area contributed by atoms with Gasteiger partial charge < -0.3 is 28.7 Å². The molecule has 2 aromatic rings. The van der Waals surface area contributed by atoms with Crippen molar-refractivity contribution < 1.29 is 23.7 Å². The van der Waals surface area contributed by atoms with E-state index >= 15 is 0 Å². The molecule has 0 unspecified atom stereocenters. The van der Waals surface area contributed by atoms with Crippen LogP contribution in [0, 0.1) is 0 Å². The number of pyridine rings is 1. The molecule has 1 fully saturated rings. The maximum Gasteiger partial charge on any atom is 0.356 e. The Kier molecular flexibility index (Phi) is 8.55. The number of hydrogen-bond acceptors (Lipinski definition) is 8. The molecule has 1 aliphatic rings. The summed E-state index contributed by atoms with van der Waals surface area (Å²) < 4.78 is 22.3. The van der Waals surface area contributed by atoms with Gasteiger partial charge in [-0.3, -0.25) is 0 Å². The lowest BCUT2D eigenvalue weighted by atomic mass is 10.1. The van der Waals surface area contributed by atoms with Crippen LogP contribution in [0.3, 0.4) is 0 Å². The summed E-state index contributed by atoms with van der Waals surface area (Å²) >= 11 is 0. The highest BCUT2D eigenvalue weighted by Crippen LogP contribution is 2.37. The quantitative estimate of drug-likeness (QED) is 0.234. The summed E-state index contributed by atoms with van der Waals surface area (Å²) in [6, 6.07) is 6.56. The second kappa shape index (κ2) is 11.2. The number of aromatic nitrogens is 1. The largest absolute Gasteiger partial charge is 0.497 e. The monoisotopic (exact) mass is 475 g/mol. The molecule has 33 heavy (non-hydrogen) atoms. The predicted octanol–water partition coefficient (Wildman–Crippen LogP) is 3.86. The lowest BCUT2D eigenvalue weighted by Gasteiger charge is -2.25. The maximum absolute atomic E-state index is 12.4. The van der Waals surface area contributed by atoms with Crippen molar-refractivity contribution in [1.82, 2.24) is 9.88 Å². The molecule has 182 valence electrons. The molecule has 0 N–H and O–H groups in total. The molecule has 8 nitrogen and oxygen atoms in total. The number of benzene rings is 1. The summed E-state index contributed by atoms with van der Waals surface area (Å²) in [5.41, 5.74) is 1.83. The second-order valence-electron chi connectivity index (χ2n) is 9.66. The molecule has 0 spiro atoms. The van der Waals surface area contributed by atoms with Gasteiger partial charge in [-0.05, 0) is 32.1 Å². The first-order valence-electron chi connectivity index (χ1n) is 11.5. The second-order valence-corrected chi connectivity index (χ2v) is 15.3. The fourth-order valence-electron chi connectivity index (χ4n) is 3.77. The normalized spacial score (nSPS) is 15.4. The predicted molar refractivity (Wildman–Crippen MR) is 134 cm³/mol. The summed E-state index contributed by atoms with van der Waals surface area (Å²) in [5, 5.41) is 0.781. The third-order valence-corrected chi connectivity index (χ3v) is 7.52. The van der Waals surface area contributed by atoms with Crippen LogP contribution in [0.25, 0.3) is 10.9 Å². The van der Waals surface area contributed by atoms with Crippen LogP contribution in [-0.4, -0.2) is 84.8 Å². The molecule has 1 aromatic carbocycles. The first kappa shape index (κ1) is 25.3. The van der Waals surface area contributed by atoms with Crippen LogP contribution in [0.1, 0.15) is 16.9 Å². The Morgan fingerprint density at radius 1 is 1.09 bits per heavy atom. The third-order valence-electron chi connectivity index (χ3n) is 5.81. The average molecular weight is 476 g/mol. The molecule has 0 saturated carbocycles. The Morgan fingerprint density at radius 2 is 1.88 bits per heavy atom. The van der Waals surface area contributed by atoms with Crippen molar-refractivity contribution in [3.63, 3.8) is 0 Å². The molecule has 0 atom stereocenters. The number of methoxy groups -OCH3 is 2. The van der Waals surface area contributed by atoms with Crippen molar-refractivity contribution >= 4 is 30.6 Å². The van der Waals surface area contributed by atoms with E-state index in [0.717, 1.165) is 49.7 Å². The van der Waals surface area contributed by atoms with E-state index < -0.39 is 14.0 Å². The maximum atomic E-state index is 12.4. The van der Waals surface area contributed by atoms with Gasteiger partial charge in [-0.15, -0.1) is 0 Å². The van der Waals surface area contributed by atoms with Gasteiger partial charge in [0.15, 0.2) is 12.5 Å². The van der Waals surface area contributed by atoms with Crippen LogP contribution in [0.4, 0.5) is 5.69 Å². The van der Waals surface area contributed by atoms with E-state index in [9.17, 15) is 4.79 Å². The Hall–Kier alpha value is -2.36. The van der Waals surface area contributed by atoms with E-state index in [2.05, 4.69) is 41.5 Å². The number of ether oxygens (including phenoxy) is 4. The lowest BCUT2D eigenvalue weighted by Crippen LogP contribution is -2.29. The van der Waals surface area contributed by atoms with Crippen molar-refractivity contribution in [3.8, 4) is 11.5 Å². The Balaban J connectivity index is 1.99. The van der Waals surface area contributed by atoms with Gasteiger partial charge in [0, 0.05) is 51.8 Å². The molecular weight excluding hydrogens is 438 g/mol. The van der Waals surface area contributed by atoms with Crippen LogP contribution >= 0.6 is 0 Å². The summed E-state index contributed by atoms with van der Waals surface area (Å²) in [7, 11) is 3.95. The van der Waals surface area contributed by atoms with Gasteiger partial charge in [-0.1, -0.05) is 19.6 Å². The zero-order valence-corrected chi connectivity index (χ0v) is 21.8. The third kappa shape index (κ3) is 6.81. The number of likely N-dealkylation sites (N-methyl/N-ethyl adjacent to an activating group) is 1. The highest BCUT2D eigenvalue weighted by molar-refractivity contribution is 6.76. The van der Waals surface area contributed by atoms with E-state index in [1.807, 2.05) is 12.1 Å². The van der Waals surface area contributed by atoms with Crippen LogP contribution in [0.5, 0.6) is 11.5 Å². The Bertz CT molecular complexity index is 963. The lowest BCUT2D eigenvalue weighted by molar-refractivity contribution is 0.0227. The van der Waals surface area contributed by atoms with Crippen molar-refractivity contribution in [3.05, 3.63) is 23.9 Å². The summed E-state index contributed by atoms with van der Waals surface area (Å²) in [6.45, 7) is 11.4. The van der Waals surface area contributed by atoms with Gasteiger partial charge in [0.25, 0.3) is 0 Å². The van der Waals surface area contributed by atoms with Gasteiger partial charge in [0.2, 0.25) is 0 Å². The van der Waals surface area contributed by atoms with Crippen molar-refractivity contribution in [2.45, 2.75) is 32.1 Å². The number of hydrogen-bond donors (Lipinski definition) is 0. The van der Waals surface area contributed by atoms with Crippen molar-refractivity contribution in [1.29, 1.82) is 0 Å². The molecule has 2 heterocycles. The Labute approximate surface area is 197 Å². The SMILES string of the molecule is COC(=O)c1cc(OCOCC[Si](C)(C)C)c2cc(OC)cc(N3CCCN(C)CC3)c2n1. The smallest absolute Gasteiger partial charge is 0.356 e. The molecule has 1 aromatic heterocycles. The molecule has 0 amide bonds. The van der Waals surface area contributed by atoms with Gasteiger partial charge >= 0.3 is 5.97 Å². The molecule has 0 aliphatic carbocycles. The fourth-order valence-corrected chi connectivity index (χ4v) is 4.53. The van der Waals surface area contributed by atoms with Crippen LogP contribution in [0.15, 0.2) is 18.2 Å². The number of carbonyl (C=O) groups excluding carboxylic acids is 1. The van der Waals surface area contributed by atoms with E-state index in [4.69, 9.17) is 18.9 Å². The number of rotatable bonds is 9. The highest BCUT2D eigenvalue weighted by Gasteiger charge is 2.22. The fraction of sp³-hybridized carbons (Fsp3) is 0.583. The summed E-state index contributed by atoms with van der Waals surface area (Å²) in [4.78, 5) is 21.7. The van der Waals surface area contributed by atoms with E-state index in [1.165, 1.54) is 7.11 Å². The molecule has 9 heteroatoms. The van der Waals surface area contributed by atoms with Crippen molar-refractivity contribution in [2.24, 2.45) is 0 Å². The average Bonchev–Trinajstić information content (AvgIpc) is 3.00. The standard InChI is InChI=1S/C24H37N3O5Si/c1-26-8-7-9-27(11-10-26)21-15-18(29-2)14-19-22(32-17-31-12-13-33(4,5)6)16-20(24(28)30-3)25-23(19)21/h14-16H,7-13,17H2,1-6H3. The first-order valence-corrected chi connectivity index (χ1v) is 15.2. The van der Waals surface area contributed by atoms with Crippen LogP contribution in [0.2, 0.25) is 25.7 Å². The first-order chi connectivity index (χ1) is 15.7. The van der Waals surface area contributed by atoms with Gasteiger partial charge in [0.1, 0.15) is 11.5 Å². The van der Waals surface area contributed by atoms with Crippen LogP contribution < -0.4 is 14.4 Å². The van der Waals surface area contributed by atoms with E-state index in [-0.39, 0.29) is 12.5 Å². The number of fused-ring (bicyclic) bond motifs is 1. The molecule has 0 radical (unpaired) electrons. The molecule has 1 saturated heterocycles. The number of nitrogens with zero attached hydrogens (tertiary/aromatic N) is 3. The van der Waals surface area contributed by atoms with Gasteiger partial charge in [0.05, 0.1) is 25.4 Å². The van der Waals surface area contributed by atoms with Crippen LogP contribution in [-0.2, 0) is 9.47 Å². The minimum atomic E-state index is -1.18. The van der Waals surface area contributed by atoms with E-state index in [1.54, 1.807) is 13.2 Å². The molecule has 3 rings (SSSR count). The van der Waals surface area contributed by atoms with Gasteiger partial charge in [-0.2, -0.15) is 0 Å².